The molecule has 1 amide bonds. The number of methoxy groups -OCH3 is 2. The zero-order valence-electron chi connectivity index (χ0n) is 10.2. The molecule has 0 spiro atoms. The molecule has 5 nitrogen and oxygen atoms in total. The SMILES string of the molecule is COc1cc(Cl)c(NC(=O)C2(N)CC2)cc1OC. The van der Waals surface area contributed by atoms with Gasteiger partial charge in [-0.25, -0.2) is 0 Å². The van der Waals surface area contributed by atoms with Gasteiger partial charge >= 0.3 is 0 Å². The summed E-state index contributed by atoms with van der Waals surface area (Å²) in [4.78, 5) is 11.8. The summed E-state index contributed by atoms with van der Waals surface area (Å²) >= 11 is 6.06. The number of nitrogens with one attached hydrogen (secondary N) is 1. The minimum atomic E-state index is -0.740. The summed E-state index contributed by atoms with van der Waals surface area (Å²) in [6, 6.07) is 3.21. The molecule has 2 rings (SSSR count). The Balaban J connectivity index is 2.25. The van der Waals surface area contributed by atoms with E-state index in [1.807, 2.05) is 0 Å². The van der Waals surface area contributed by atoms with Crippen molar-refractivity contribution >= 4 is 23.2 Å². The van der Waals surface area contributed by atoms with Crippen molar-refractivity contribution in [1.82, 2.24) is 0 Å². The van der Waals surface area contributed by atoms with Crippen LogP contribution in [-0.2, 0) is 4.79 Å². The molecule has 0 bridgehead atoms. The van der Waals surface area contributed by atoms with E-state index in [1.165, 1.54) is 14.2 Å². The van der Waals surface area contributed by atoms with Gasteiger partial charge in [0, 0.05) is 12.1 Å². The number of anilines is 1. The lowest BCUT2D eigenvalue weighted by atomic mass is 10.2. The molecule has 1 aliphatic rings. The number of halogens is 1. The smallest absolute Gasteiger partial charge is 0.244 e. The molecule has 98 valence electrons. The molecule has 1 saturated carbocycles. The second-order valence-corrected chi connectivity index (χ2v) is 4.70. The Morgan fingerprint density at radius 2 is 1.89 bits per heavy atom. The molecule has 0 atom stereocenters. The molecule has 0 aromatic heterocycles. The van der Waals surface area contributed by atoms with Crippen LogP contribution in [0.25, 0.3) is 0 Å². The highest BCUT2D eigenvalue weighted by Crippen LogP contribution is 2.38. The maximum absolute atomic E-state index is 11.8. The highest BCUT2D eigenvalue weighted by atomic mass is 35.5. The predicted molar refractivity (Wildman–Crippen MR) is 69.3 cm³/mol. The quantitative estimate of drug-likeness (QED) is 0.875. The molecule has 1 aliphatic carbocycles. The van der Waals surface area contributed by atoms with Crippen molar-refractivity contribution in [3.63, 3.8) is 0 Å². The number of carbonyl (C=O) groups is 1. The van der Waals surface area contributed by atoms with E-state index >= 15 is 0 Å². The number of benzene rings is 1. The highest BCUT2D eigenvalue weighted by Gasteiger charge is 2.46. The molecule has 18 heavy (non-hydrogen) atoms. The lowest BCUT2D eigenvalue weighted by molar-refractivity contribution is -0.118. The second-order valence-electron chi connectivity index (χ2n) is 4.30. The van der Waals surface area contributed by atoms with Crippen LogP contribution >= 0.6 is 11.6 Å². The fourth-order valence-electron chi connectivity index (χ4n) is 1.56. The van der Waals surface area contributed by atoms with Gasteiger partial charge in [-0.3, -0.25) is 4.79 Å². The molecule has 1 aromatic carbocycles. The molecule has 0 unspecified atom stereocenters. The number of nitrogens with two attached hydrogens (primary N) is 1. The summed E-state index contributed by atoms with van der Waals surface area (Å²) in [5, 5.41) is 3.09. The molecule has 0 saturated heterocycles. The summed E-state index contributed by atoms with van der Waals surface area (Å²) in [6.07, 6.45) is 1.40. The highest BCUT2D eigenvalue weighted by molar-refractivity contribution is 6.34. The summed E-state index contributed by atoms with van der Waals surface area (Å²) in [7, 11) is 3.04. The van der Waals surface area contributed by atoms with Gasteiger partial charge in [-0.15, -0.1) is 0 Å². The molecule has 6 heteroatoms. The Morgan fingerprint density at radius 1 is 1.33 bits per heavy atom. The van der Waals surface area contributed by atoms with Crippen LogP contribution in [-0.4, -0.2) is 25.7 Å². The lowest BCUT2D eigenvalue weighted by Crippen LogP contribution is -2.37. The summed E-state index contributed by atoms with van der Waals surface area (Å²) in [5.41, 5.74) is 5.53. The van der Waals surface area contributed by atoms with Crippen LogP contribution in [0.2, 0.25) is 5.02 Å². The maximum atomic E-state index is 11.8. The third-order valence-corrected chi connectivity index (χ3v) is 3.28. The van der Waals surface area contributed by atoms with Crippen LogP contribution in [0.5, 0.6) is 11.5 Å². The Hall–Kier alpha value is -1.46. The van der Waals surface area contributed by atoms with Crippen LogP contribution in [0.4, 0.5) is 5.69 Å². The molecule has 1 aromatic rings. The third kappa shape index (κ3) is 2.37. The minimum absolute atomic E-state index is 0.225. The van der Waals surface area contributed by atoms with E-state index < -0.39 is 5.54 Å². The van der Waals surface area contributed by atoms with Crippen molar-refractivity contribution in [2.75, 3.05) is 19.5 Å². The average Bonchev–Trinajstić information content (AvgIpc) is 3.10. The van der Waals surface area contributed by atoms with E-state index in [9.17, 15) is 4.79 Å². The Kier molecular flexibility index (Phi) is 3.36. The molecular formula is C12H15ClN2O3. The van der Waals surface area contributed by atoms with E-state index in [0.29, 0.717) is 35.1 Å². The van der Waals surface area contributed by atoms with Crippen molar-refractivity contribution in [3.05, 3.63) is 17.2 Å². The summed E-state index contributed by atoms with van der Waals surface area (Å²) in [5.74, 6) is 0.782. The van der Waals surface area contributed by atoms with Crippen molar-refractivity contribution in [2.45, 2.75) is 18.4 Å². The largest absolute Gasteiger partial charge is 0.493 e. The first-order valence-corrected chi connectivity index (χ1v) is 5.90. The number of rotatable bonds is 4. The standard InChI is InChI=1S/C12H15ClN2O3/c1-17-9-5-7(13)8(6-10(9)18-2)15-11(16)12(14)3-4-12/h5-6H,3-4,14H2,1-2H3,(H,15,16). The average molecular weight is 271 g/mol. The zero-order valence-corrected chi connectivity index (χ0v) is 11.0. The summed E-state index contributed by atoms with van der Waals surface area (Å²) in [6.45, 7) is 0. The Labute approximate surface area is 110 Å². The van der Waals surface area contributed by atoms with Gasteiger partial charge in [0.2, 0.25) is 5.91 Å². The number of hydrogen-bond acceptors (Lipinski definition) is 4. The van der Waals surface area contributed by atoms with Crippen molar-refractivity contribution in [3.8, 4) is 11.5 Å². The van der Waals surface area contributed by atoms with E-state index in [0.717, 1.165) is 0 Å². The topological polar surface area (TPSA) is 73.6 Å². The van der Waals surface area contributed by atoms with Gasteiger partial charge in [-0.05, 0) is 12.8 Å². The normalized spacial score (nSPS) is 16.0. The molecule has 0 heterocycles. The van der Waals surface area contributed by atoms with Crippen LogP contribution in [0, 0.1) is 0 Å². The fourth-order valence-corrected chi connectivity index (χ4v) is 1.76. The molecule has 0 radical (unpaired) electrons. The molecule has 1 fully saturated rings. The van der Waals surface area contributed by atoms with Gasteiger partial charge < -0.3 is 20.5 Å². The fraction of sp³-hybridized carbons (Fsp3) is 0.417. The zero-order chi connectivity index (χ0) is 13.3. The minimum Gasteiger partial charge on any atom is -0.493 e. The molecule has 3 N–H and O–H groups in total. The van der Waals surface area contributed by atoms with Gasteiger partial charge in [0.15, 0.2) is 11.5 Å². The number of amides is 1. The van der Waals surface area contributed by atoms with Crippen LogP contribution in [0.1, 0.15) is 12.8 Å². The monoisotopic (exact) mass is 270 g/mol. The van der Waals surface area contributed by atoms with Gasteiger partial charge in [-0.1, -0.05) is 11.6 Å². The van der Waals surface area contributed by atoms with E-state index in [2.05, 4.69) is 5.32 Å². The summed E-state index contributed by atoms with van der Waals surface area (Å²) < 4.78 is 10.3. The van der Waals surface area contributed by atoms with Crippen molar-refractivity contribution < 1.29 is 14.3 Å². The first kappa shape index (κ1) is 13.0. The number of ether oxygens (including phenoxy) is 2. The second kappa shape index (κ2) is 4.66. The Bertz CT molecular complexity index is 486. The number of hydrogen-bond donors (Lipinski definition) is 2. The lowest BCUT2D eigenvalue weighted by Gasteiger charge is -2.14. The van der Waals surface area contributed by atoms with Gasteiger partial charge in [0.05, 0.1) is 30.5 Å². The first-order valence-electron chi connectivity index (χ1n) is 5.52. The number of carbonyl (C=O) groups excluding carboxylic acids is 1. The van der Waals surface area contributed by atoms with Gasteiger partial charge in [-0.2, -0.15) is 0 Å². The molecular weight excluding hydrogens is 256 g/mol. The van der Waals surface area contributed by atoms with E-state index in [4.69, 9.17) is 26.8 Å². The van der Waals surface area contributed by atoms with Gasteiger partial charge in [0.25, 0.3) is 0 Å². The maximum Gasteiger partial charge on any atom is 0.244 e. The van der Waals surface area contributed by atoms with Crippen molar-refractivity contribution in [2.24, 2.45) is 5.73 Å². The van der Waals surface area contributed by atoms with E-state index in [-0.39, 0.29) is 5.91 Å². The van der Waals surface area contributed by atoms with Crippen molar-refractivity contribution in [1.29, 1.82) is 0 Å². The first-order chi connectivity index (χ1) is 8.50. The molecule has 0 aliphatic heterocycles. The van der Waals surface area contributed by atoms with Crippen LogP contribution in [0.3, 0.4) is 0 Å². The van der Waals surface area contributed by atoms with E-state index in [1.54, 1.807) is 12.1 Å². The van der Waals surface area contributed by atoms with Crippen LogP contribution in [0.15, 0.2) is 12.1 Å². The third-order valence-electron chi connectivity index (χ3n) is 2.96. The Morgan fingerprint density at radius 3 is 2.39 bits per heavy atom. The van der Waals surface area contributed by atoms with Gasteiger partial charge in [0.1, 0.15) is 0 Å². The predicted octanol–water partition coefficient (Wildman–Crippen LogP) is 1.79. The van der Waals surface area contributed by atoms with Crippen LogP contribution < -0.4 is 20.5 Å².